The van der Waals surface area contributed by atoms with E-state index in [1.807, 2.05) is 0 Å². The van der Waals surface area contributed by atoms with Gasteiger partial charge in [-0.25, -0.2) is 0 Å². The molecule has 0 atom stereocenters. The van der Waals surface area contributed by atoms with Gasteiger partial charge < -0.3 is 0 Å². The van der Waals surface area contributed by atoms with Gasteiger partial charge >= 0.3 is 56.3 Å². The molecule has 0 saturated heterocycles. The number of carbonyl (C=O) groups is 1. The fourth-order valence-electron chi connectivity index (χ4n) is 0.326. The first-order valence-corrected chi connectivity index (χ1v) is 4.25. The molecule has 0 radical (unpaired) electrons. The Morgan fingerprint density at radius 3 is 2.89 bits per heavy atom. The SMILES string of the molecule is C#CCOCC(=O)C[PH4]. The van der Waals surface area contributed by atoms with Gasteiger partial charge in [-0.2, -0.15) is 0 Å². The molecule has 0 spiro atoms. The molecule has 0 fully saturated rings. The third-order valence-corrected chi connectivity index (χ3v) is 1.63. The summed E-state index contributed by atoms with van der Waals surface area (Å²) in [6.07, 6.45) is 5.54. The van der Waals surface area contributed by atoms with Crippen LogP contribution in [-0.4, -0.2) is 25.2 Å². The summed E-state index contributed by atoms with van der Waals surface area (Å²) in [5, 5.41) is 0. The molecule has 9 heavy (non-hydrogen) atoms. The molecule has 0 bridgehead atoms. The van der Waals surface area contributed by atoms with Crippen molar-refractivity contribution in [2.24, 2.45) is 0 Å². The number of ether oxygens (including phenoxy) is 1. The minimum atomic E-state index is 0.150. The summed E-state index contributed by atoms with van der Waals surface area (Å²) in [5.74, 6) is 2.43. The normalized spacial score (nSPS) is 8.56. The second-order valence-electron chi connectivity index (χ2n) is 1.59. The molecule has 0 N–H and O–H groups in total. The van der Waals surface area contributed by atoms with E-state index in [0.29, 0.717) is 6.16 Å². The first-order valence-electron chi connectivity index (χ1n) is 2.84. The molecule has 2 nitrogen and oxygen atoms in total. The maximum atomic E-state index is 10.5. The summed E-state index contributed by atoms with van der Waals surface area (Å²) in [4.78, 5) is 10.5. The Hall–Kier alpha value is -0.380. The molecule has 0 aliphatic carbocycles. The predicted molar refractivity (Wildman–Crippen MR) is 42.0 cm³/mol. The van der Waals surface area contributed by atoms with Crippen LogP contribution in [0.4, 0.5) is 0 Å². The number of terminal acetylenes is 1. The van der Waals surface area contributed by atoms with Crippen molar-refractivity contribution in [3.05, 3.63) is 0 Å². The zero-order chi connectivity index (χ0) is 7.11. The van der Waals surface area contributed by atoms with E-state index in [0.717, 1.165) is 9.24 Å². The van der Waals surface area contributed by atoms with Crippen molar-refractivity contribution in [2.45, 2.75) is 0 Å². The molecule has 0 aromatic heterocycles. The fraction of sp³-hybridized carbons (Fsp3) is 0.500. The minimum absolute atomic E-state index is 0.150. The van der Waals surface area contributed by atoms with Gasteiger partial charge in [0, 0.05) is 0 Å². The van der Waals surface area contributed by atoms with Crippen molar-refractivity contribution in [1.29, 1.82) is 0 Å². The molecule has 0 saturated carbocycles. The van der Waals surface area contributed by atoms with E-state index in [1.165, 1.54) is 0 Å². The molecule has 0 aromatic carbocycles. The number of ketones is 1. The zero-order valence-corrected chi connectivity index (χ0v) is 7.52. The second-order valence-corrected chi connectivity index (χ2v) is 2.30. The standard InChI is InChI=1S/C6H11O2P/c1-2-3-8-4-6(7)5-9/h1H,3-5H2,9H4. The Morgan fingerprint density at radius 1 is 1.78 bits per heavy atom. The van der Waals surface area contributed by atoms with Gasteiger partial charge in [-0.15, -0.1) is 0 Å². The van der Waals surface area contributed by atoms with E-state index < -0.39 is 0 Å². The second kappa shape index (κ2) is 5.75. The molecule has 0 rings (SSSR count). The summed E-state index contributed by atoms with van der Waals surface area (Å²) < 4.78 is 4.77. The van der Waals surface area contributed by atoms with Crippen molar-refractivity contribution in [1.82, 2.24) is 0 Å². The molecule has 0 aromatic rings. The zero-order valence-electron chi connectivity index (χ0n) is 5.52. The molecule has 0 aliphatic heterocycles. The van der Waals surface area contributed by atoms with E-state index in [2.05, 4.69) is 5.92 Å². The number of rotatable bonds is 4. The molecular formula is C6H11O2P. The van der Waals surface area contributed by atoms with Gasteiger partial charge in [0.25, 0.3) is 0 Å². The van der Waals surface area contributed by atoms with Crippen LogP contribution in [0.1, 0.15) is 0 Å². The third-order valence-electron chi connectivity index (χ3n) is 0.843. The van der Waals surface area contributed by atoms with Gasteiger partial charge in [-0.1, -0.05) is 0 Å². The van der Waals surface area contributed by atoms with Crippen LogP contribution in [-0.2, 0) is 9.53 Å². The van der Waals surface area contributed by atoms with Gasteiger partial charge in [0.15, 0.2) is 0 Å². The van der Waals surface area contributed by atoms with Crippen LogP contribution in [0.15, 0.2) is 0 Å². The van der Waals surface area contributed by atoms with E-state index >= 15 is 0 Å². The van der Waals surface area contributed by atoms with Crippen molar-refractivity contribution in [3.8, 4) is 12.3 Å². The van der Waals surface area contributed by atoms with Gasteiger partial charge in [0.2, 0.25) is 0 Å². The molecule has 0 aliphatic rings. The molecule has 0 amide bonds. The Balaban J connectivity index is 3.09. The van der Waals surface area contributed by atoms with Gasteiger partial charge in [-0.05, 0) is 0 Å². The maximum absolute atomic E-state index is 10.5. The van der Waals surface area contributed by atoms with Crippen molar-refractivity contribution >= 4 is 15.0 Å². The fourth-order valence-corrected chi connectivity index (χ4v) is 0.530. The average Bonchev–Trinajstić information content (AvgIpc) is 1.89. The summed E-state index contributed by atoms with van der Waals surface area (Å²) >= 11 is 0. The summed E-state index contributed by atoms with van der Waals surface area (Å²) in [7, 11) is 0.910. The van der Waals surface area contributed by atoms with E-state index in [1.54, 1.807) is 0 Å². The summed E-state index contributed by atoms with van der Waals surface area (Å²) in [6.45, 7) is 0.432. The number of hydrogen-bond donors (Lipinski definition) is 0. The third kappa shape index (κ3) is 5.49. The van der Waals surface area contributed by atoms with Gasteiger partial charge in [-0.3, -0.25) is 0 Å². The average molecular weight is 146 g/mol. The number of hydrogen-bond acceptors (Lipinski definition) is 2. The van der Waals surface area contributed by atoms with Crippen LogP contribution < -0.4 is 0 Å². The Morgan fingerprint density at radius 2 is 2.44 bits per heavy atom. The van der Waals surface area contributed by atoms with Crippen LogP contribution in [0, 0.1) is 12.3 Å². The molecule has 52 valence electrons. The van der Waals surface area contributed by atoms with E-state index in [4.69, 9.17) is 11.2 Å². The first-order chi connectivity index (χ1) is 4.31. The molecular weight excluding hydrogens is 135 g/mol. The number of Topliss-reactive ketones (excluding diaryl/α,β-unsaturated/α-hetero) is 1. The van der Waals surface area contributed by atoms with Crippen LogP contribution in [0.25, 0.3) is 0 Å². The predicted octanol–water partition coefficient (Wildman–Crippen LogP) is -0.455. The summed E-state index contributed by atoms with van der Waals surface area (Å²) in [5.41, 5.74) is 0. The number of carbonyl (C=O) groups excluding carboxylic acids is 1. The Labute approximate surface area is 57.2 Å². The summed E-state index contributed by atoms with van der Waals surface area (Å²) in [6, 6.07) is 0. The Kier molecular flexibility index (Phi) is 5.51. The van der Waals surface area contributed by atoms with Crippen LogP contribution in [0.3, 0.4) is 0 Å². The van der Waals surface area contributed by atoms with E-state index in [-0.39, 0.29) is 19.0 Å². The first kappa shape index (κ1) is 8.62. The topological polar surface area (TPSA) is 26.3 Å². The molecule has 3 heteroatoms. The van der Waals surface area contributed by atoms with Crippen molar-refractivity contribution in [3.63, 3.8) is 0 Å². The molecule has 0 unspecified atom stereocenters. The monoisotopic (exact) mass is 146 g/mol. The van der Waals surface area contributed by atoms with Crippen molar-refractivity contribution < 1.29 is 9.53 Å². The van der Waals surface area contributed by atoms with Crippen LogP contribution in [0.5, 0.6) is 0 Å². The van der Waals surface area contributed by atoms with Gasteiger partial charge in [0.1, 0.15) is 0 Å². The van der Waals surface area contributed by atoms with Crippen LogP contribution >= 0.6 is 9.24 Å². The van der Waals surface area contributed by atoms with E-state index in [9.17, 15) is 4.79 Å². The Bertz CT molecular complexity index is 126. The van der Waals surface area contributed by atoms with Crippen LogP contribution in [0.2, 0.25) is 0 Å². The quantitative estimate of drug-likeness (QED) is 0.305. The molecule has 0 heterocycles. The van der Waals surface area contributed by atoms with Crippen molar-refractivity contribution in [2.75, 3.05) is 19.4 Å². The van der Waals surface area contributed by atoms with Gasteiger partial charge in [0.05, 0.1) is 0 Å².